The zero-order chi connectivity index (χ0) is 23.5. The molecule has 0 aromatic rings. The highest BCUT2D eigenvalue weighted by molar-refractivity contribution is 5.73. The molecule has 2 amide bonds. The number of amides is 2. The van der Waals surface area contributed by atoms with Crippen LogP contribution >= 0.6 is 0 Å². The van der Waals surface area contributed by atoms with Gasteiger partial charge in [-0.1, -0.05) is 140 Å². The van der Waals surface area contributed by atoms with Crippen LogP contribution in [0.4, 0.5) is 9.59 Å². The normalized spacial score (nSPS) is 11.2. The minimum atomic E-state index is -0.822. The van der Waals surface area contributed by atoms with Crippen molar-refractivity contribution in [2.75, 3.05) is 13.2 Å². The molecular formula is C26H50N2O4. The smallest absolute Gasteiger partial charge is 0.447 e. The molecule has 0 aromatic heterocycles. The van der Waals surface area contributed by atoms with E-state index in [-0.39, 0.29) is 0 Å². The molecular weight excluding hydrogens is 404 g/mol. The third kappa shape index (κ3) is 24.8. The first-order valence-electron chi connectivity index (χ1n) is 13.5. The third-order valence-corrected chi connectivity index (χ3v) is 5.66. The topological polar surface area (TPSA) is 77.3 Å². The molecule has 0 unspecified atom stereocenters. The third-order valence-electron chi connectivity index (χ3n) is 5.66. The zero-order valence-electron chi connectivity index (χ0n) is 21.1. The molecule has 0 atom stereocenters. The van der Waals surface area contributed by atoms with E-state index < -0.39 is 12.2 Å². The summed E-state index contributed by atoms with van der Waals surface area (Å²) < 4.78 is 9.94. The van der Waals surface area contributed by atoms with E-state index in [9.17, 15) is 9.59 Å². The summed E-state index contributed by atoms with van der Waals surface area (Å²) in [5.74, 6) is 0. The van der Waals surface area contributed by atoms with E-state index in [1.54, 1.807) is 0 Å². The molecule has 0 aliphatic heterocycles. The van der Waals surface area contributed by atoms with Crippen LogP contribution < -0.4 is 0 Å². The van der Waals surface area contributed by atoms with Crippen LogP contribution in [-0.2, 0) is 9.47 Å². The van der Waals surface area contributed by atoms with Gasteiger partial charge in [0.05, 0.1) is 13.2 Å². The molecule has 0 aliphatic rings. The largest absolute Gasteiger partial charge is 0.452 e. The van der Waals surface area contributed by atoms with Gasteiger partial charge in [0.15, 0.2) is 0 Å². The van der Waals surface area contributed by atoms with E-state index in [0.717, 1.165) is 38.5 Å². The van der Waals surface area contributed by atoms with Gasteiger partial charge in [0.25, 0.3) is 0 Å². The average molecular weight is 455 g/mol. The summed E-state index contributed by atoms with van der Waals surface area (Å²) in [4.78, 5) is 23.0. The quantitative estimate of drug-likeness (QED) is 0.120. The Kier molecular flexibility index (Phi) is 24.6. The van der Waals surface area contributed by atoms with Crippen molar-refractivity contribution in [2.24, 2.45) is 10.2 Å². The average Bonchev–Trinajstić information content (AvgIpc) is 2.79. The van der Waals surface area contributed by atoms with Crippen molar-refractivity contribution in [1.82, 2.24) is 0 Å². The lowest BCUT2D eigenvalue weighted by Gasteiger charge is -2.03. The molecule has 0 saturated heterocycles. The Bertz CT molecular complexity index is 415. The molecule has 0 fully saturated rings. The van der Waals surface area contributed by atoms with Gasteiger partial charge in [0.2, 0.25) is 0 Å². The van der Waals surface area contributed by atoms with Crippen LogP contribution in [0.25, 0.3) is 0 Å². The van der Waals surface area contributed by atoms with Gasteiger partial charge in [0.1, 0.15) is 0 Å². The number of azo groups is 1. The molecule has 0 N–H and O–H groups in total. The summed E-state index contributed by atoms with van der Waals surface area (Å²) >= 11 is 0. The fourth-order valence-corrected chi connectivity index (χ4v) is 3.64. The lowest BCUT2D eigenvalue weighted by molar-refractivity contribution is 0.143. The zero-order valence-corrected chi connectivity index (χ0v) is 21.1. The predicted molar refractivity (Wildman–Crippen MR) is 131 cm³/mol. The van der Waals surface area contributed by atoms with E-state index in [0.29, 0.717) is 13.2 Å². The Morgan fingerprint density at radius 3 is 0.969 bits per heavy atom. The Balaban J connectivity index is 3.39. The van der Waals surface area contributed by atoms with Crippen LogP contribution in [0.2, 0.25) is 0 Å². The number of rotatable bonds is 22. The highest BCUT2D eigenvalue weighted by Gasteiger charge is 2.04. The molecule has 0 heterocycles. The minimum Gasteiger partial charge on any atom is -0.447 e. The Hall–Kier alpha value is -1.46. The number of ether oxygens (including phenoxy) is 2. The number of unbranched alkanes of at least 4 members (excludes halogenated alkanes) is 18. The van der Waals surface area contributed by atoms with Crippen molar-refractivity contribution in [1.29, 1.82) is 0 Å². The maximum absolute atomic E-state index is 11.5. The molecule has 0 aliphatic carbocycles. The first-order valence-corrected chi connectivity index (χ1v) is 13.5. The SMILES string of the molecule is CCCCCCCCCCCCOC(=O)/N=N/C(=O)OCCCCCCCCCCCC. The van der Waals surface area contributed by atoms with Gasteiger partial charge in [-0.2, -0.15) is 0 Å². The van der Waals surface area contributed by atoms with E-state index in [2.05, 4.69) is 24.1 Å². The van der Waals surface area contributed by atoms with Crippen molar-refractivity contribution < 1.29 is 19.1 Å². The second-order valence-electron chi connectivity index (χ2n) is 8.79. The highest BCUT2D eigenvalue weighted by atomic mass is 16.6. The maximum Gasteiger partial charge on any atom is 0.452 e. The second-order valence-corrected chi connectivity index (χ2v) is 8.79. The fourth-order valence-electron chi connectivity index (χ4n) is 3.64. The molecule has 0 bridgehead atoms. The first kappa shape index (κ1) is 30.5. The summed E-state index contributed by atoms with van der Waals surface area (Å²) in [6.45, 7) is 5.11. The van der Waals surface area contributed by atoms with Crippen molar-refractivity contribution in [3.8, 4) is 0 Å². The number of carbonyl (C=O) groups excluding carboxylic acids is 2. The van der Waals surface area contributed by atoms with Gasteiger partial charge in [-0.25, -0.2) is 9.59 Å². The van der Waals surface area contributed by atoms with Crippen molar-refractivity contribution in [3.05, 3.63) is 0 Å². The molecule has 0 radical (unpaired) electrons. The molecule has 0 aromatic carbocycles. The van der Waals surface area contributed by atoms with Crippen LogP contribution in [0.3, 0.4) is 0 Å². The molecule has 0 spiro atoms. The minimum absolute atomic E-state index is 0.321. The fraction of sp³-hybridized carbons (Fsp3) is 0.923. The second kappa shape index (κ2) is 25.8. The first-order chi connectivity index (χ1) is 15.7. The summed E-state index contributed by atoms with van der Waals surface area (Å²) in [6, 6.07) is 0. The van der Waals surface area contributed by atoms with Crippen LogP contribution in [-0.4, -0.2) is 25.4 Å². The number of nitrogens with zero attached hydrogens (tertiary/aromatic N) is 2. The van der Waals surface area contributed by atoms with Gasteiger partial charge in [-0.05, 0) is 12.8 Å². The summed E-state index contributed by atoms with van der Waals surface area (Å²) in [5, 5.41) is 6.53. The monoisotopic (exact) mass is 454 g/mol. The highest BCUT2D eigenvalue weighted by Crippen LogP contribution is 2.11. The van der Waals surface area contributed by atoms with Crippen molar-refractivity contribution in [2.45, 2.75) is 142 Å². The molecule has 6 nitrogen and oxygen atoms in total. The van der Waals surface area contributed by atoms with E-state index >= 15 is 0 Å². The van der Waals surface area contributed by atoms with Gasteiger partial charge < -0.3 is 9.47 Å². The summed E-state index contributed by atoms with van der Waals surface area (Å²) in [5.41, 5.74) is 0. The Labute approximate surface area is 197 Å². The number of carbonyl (C=O) groups is 2. The Morgan fingerprint density at radius 2 is 0.688 bits per heavy atom. The Morgan fingerprint density at radius 1 is 0.438 bits per heavy atom. The van der Waals surface area contributed by atoms with Crippen molar-refractivity contribution >= 4 is 12.2 Å². The van der Waals surface area contributed by atoms with Gasteiger partial charge in [-0.15, -0.1) is 0 Å². The van der Waals surface area contributed by atoms with Crippen LogP contribution in [0.15, 0.2) is 10.2 Å². The van der Waals surface area contributed by atoms with Crippen molar-refractivity contribution in [3.63, 3.8) is 0 Å². The maximum atomic E-state index is 11.5. The number of hydrogen-bond donors (Lipinski definition) is 0. The lowest BCUT2D eigenvalue weighted by Crippen LogP contribution is -2.03. The number of hydrogen-bond acceptors (Lipinski definition) is 4. The summed E-state index contributed by atoms with van der Waals surface area (Å²) in [6.07, 6.45) is 22.8. The summed E-state index contributed by atoms with van der Waals surface area (Å²) in [7, 11) is 0. The molecule has 32 heavy (non-hydrogen) atoms. The van der Waals surface area contributed by atoms with Gasteiger partial charge in [0, 0.05) is 0 Å². The molecule has 188 valence electrons. The van der Waals surface area contributed by atoms with E-state index in [1.807, 2.05) is 0 Å². The standard InChI is InChI=1S/C26H50N2O4/c1-3-5-7-9-11-13-15-17-19-21-23-31-25(29)27-28-26(30)32-24-22-20-18-16-14-12-10-8-6-4-2/h3-24H2,1-2H3/b28-27+. The predicted octanol–water partition coefficient (Wildman–Crippen LogP) is 9.55. The van der Waals surface area contributed by atoms with Crippen LogP contribution in [0, 0.1) is 0 Å². The molecule has 6 heteroatoms. The lowest BCUT2D eigenvalue weighted by atomic mass is 10.1. The van der Waals surface area contributed by atoms with Crippen LogP contribution in [0.5, 0.6) is 0 Å². The molecule has 0 saturated carbocycles. The van der Waals surface area contributed by atoms with E-state index in [4.69, 9.17) is 9.47 Å². The van der Waals surface area contributed by atoms with Gasteiger partial charge >= 0.3 is 12.2 Å². The molecule has 0 rings (SSSR count). The van der Waals surface area contributed by atoms with Gasteiger partial charge in [-0.3, -0.25) is 0 Å². The van der Waals surface area contributed by atoms with E-state index in [1.165, 1.54) is 89.9 Å². The van der Waals surface area contributed by atoms with Crippen LogP contribution in [0.1, 0.15) is 142 Å².